The molecule has 0 saturated carbocycles. The van der Waals surface area contributed by atoms with E-state index in [-0.39, 0.29) is 11.9 Å². The van der Waals surface area contributed by atoms with E-state index in [4.69, 9.17) is 4.74 Å². The molecule has 0 unspecified atom stereocenters. The molecule has 0 aliphatic carbocycles. The van der Waals surface area contributed by atoms with Crippen LogP contribution in [-0.2, 0) is 0 Å². The van der Waals surface area contributed by atoms with E-state index in [2.05, 4.69) is 32.5 Å². The van der Waals surface area contributed by atoms with E-state index in [9.17, 15) is 4.39 Å². The van der Waals surface area contributed by atoms with Crippen molar-refractivity contribution < 1.29 is 9.13 Å². The molecule has 0 amide bonds. The maximum Gasteiger partial charge on any atom is 0.165 e. The summed E-state index contributed by atoms with van der Waals surface area (Å²) in [6, 6.07) is 7.46. The van der Waals surface area contributed by atoms with Crippen molar-refractivity contribution in [1.82, 2.24) is 24.8 Å². The lowest BCUT2D eigenvalue weighted by Crippen LogP contribution is -2.58. The first kappa shape index (κ1) is 17.4. The van der Waals surface area contributed by atoms with Crippen LogP contribution in [0.15, 0.2) is 36.7 Å². The SMILES string of the molecule is C[C@@H]1CN2CCNc3ccn4ncc(c4n3)-c3cc(ccc3F)OC[C@@H]2CN1. The molecule has 4 bridgehead atoms. The summed E-state index contributed by atoms with van der Waals surface area (Å²) in [5, 5.41) is 11.2. The number of fused-ring (bicyclic) bond motifs is 5. The summed E-state index contributed by atoms with van der Waals surface area (Å²) in [6.07, 6.45) is 3.49. The van der Waals surface area contributed by atoms with Gasteiger partial charge < -0.3 is 15.4 Å². The number of anilines is 1. The number of aromatic nitrogens is 3. The van der Waals surface area contributed by atoms with Crippen molar-refractivity contribution in [2.75, 3.05) is 38.1 Å². The second-order valence-corrected chi connectivity index (χ2v) is 7.48. The third-order valence-electron chi connectivity index (χ3n) is 5.47. The van der Waals surface area contributed by atoms with Gasteiger partial charge in [-0.3, -0.25) is 4.90 Å². The Kier molecular flexibility index (Phi) is 4.37. The number of hydrogen-bond acceptors (Lipinski definition) is 6. The fraction of sp³-hybridized carbons (Fsp3) is 0.400. The quantitative estimate of drug-likeness (QED) is 0.620. The highest BCUT2D eigenvalue weighted by atomic mass is 19.1. The number of ether oxygens (including phenoxy) is 1. The average molecular weight is 382 g/mol. The lowest BCUT2D eigenvalue weighted by molar-refractivity contribution is 0.0966. The number of rotatable bonds is 0. The Bertz CT molecular complexity index is 1010. The molecule has 1 aromatic carbocycles. The first-order valence-electron chi connectivity index (χ1n) is 9.66. The van der Waals surface area contributed by atoms with Gasteiger partial charge in [-0.05, 0) is 31.2 Å². The molecule has 28 heavy (non-hydrogen) atoms. The van der Waals surface area contributed by atoms with E-state index >= 15 is 0 Å². The minimum Gasteiger partial charge on any atom is -0.492 e. The van der Waals surface area contributed by atoms with Gasteiger partial charge in [0, 0.05) is 49.5 Å². The van der Waals surface area contributed by atoms with Gasteiger partial charge in [0.2, 0.25) is 0 Å². The second kappa shape index (κ2) is 7.03. The monoisotopic (exact) mass is 382 g/mol. The van der Waals surface area contributed by atoms with Crippen LogP contribution < -0.4 is 15.4 Å². The summed E-state index contributed by atoms with van der Waals surface area (Å²) in [6.45, 7) is 6.25. The molecule has 1 fully saturated rings. The van der Waals surface area contributed by atoms with Crippen LogP contribution in [0.2, 0.25) is 0 Å². The molecule has 5 rings (SSSR count). The minimum atomic E-state index is -0.315. The van der Waals surface area contributed by atoms with Crippen molar-refractivity contribution in [3.63, 3.8) is 0 Å². The topological polar surface area (TPSA) is 66.7 Å². The van der Waals surface area contributed by atoms with Crippen molar-refractivity contribution in [1.29, 1.82) is 0 Å². The van der Waals surface area contributed by atoms with Gasteiger partial charge in [0.1, 0.15) is 24.0 Å². The third kappa shape index (κ3) is 3.18. The fourth-order valence-corrected chi connectivity index (χ4v) is 3.95. The van der Waals surface area contributed by atoms with E-state index in [0.717, 1.165) is 32.0 Å². The first-order valence-corrected chi connectivity index (χ1v) is 9.66. The lowest BCUT2D eigenvalue weighted by atomic mass is 10.1. The molecule has 2 aliphatic heterocycles. The van der Waals surface area contributed by atoms with Crippen LogP contribution in [0.3, 0.4) is 0 Å². The van der Waals surface area contributed by atoms with E-state index in [1.807, 2.05) is 12.3 Å². The zero-order valence-corrected chi connectivity index (χ0v) is 15.7. The predicted octanol–water partition coefficient (Wildman–Crippen LogP) is 2.00. The van der Waals surface area contributed by atoms with Gasteiger partial charge in [0.25, 0.3) is 0 Å². The molecule has 2 N–H and O–H groups in total. The summed E-state index contributed by atoms with van der Waals surface area (Å²) in [4.78, 5) is 7.11. The minimum absolute atomic E-state index is 0.261. The molecule has 4 heterocycles. The van der Waals surface area contributed by atoms with Crippen LogP contribution in [0.25, 0.3) is 16.8 Å². The molecule has 146 valence electrons. The van der Waals surface area contributed by atoms with E-state index in [0.29, 0.717) is 35.2 Å². The molecule has 2 aromatic heterocycles. The van der Waals surface area contributed by atoms with Gasteiger partial charge in [-0.1, -0.05) is 0 Å². The van der Waals surface area contributed by atoms with Crippen LogP contribution in [0, 0.1) is 5.82 Å². The number of piperazine rings is 1. The zero-order chi connectivity index (χ0) is 19.1. The summed E-state index contributed by atoms with van der Waals surface area (Å²) in [7, 11) is 0. The standard InChI is InChI=1S/C20H23FN6O/c1-13-11-26-7-5-22-19-4-6-27-20(25-19)17(10-24-27)16-8-15(2-3-18(16)21)28-12-14(26)9-23-13/h2-4,6,8,10,13-14,23H,5,7,9,11-12H2,1H3,(H,22,25)/t13-,14+/m1/s1. The van der Waals surface area contributed by atoms with Crippen molar-refractivity contribution in [3.8, 4) is 16.9 Å². The summed E-state index contributed by atoms with van der Waals surface area (Å²) < 4.78 is 22.3. The first-order chi connectivity index (χ1) is 13.7. The van der Waals surface area contributed by atoms with E-state index in [1.54, 1.807) is 22.8 Å². The molecule has 1 saturated heterocycles. The molecule has 0 spiro atoms. The molecular formula is C20H23FN6O. The maximum atomic E-state index is 14.6. The van der Waals surface area contributed by atoms with Crippen LogP contribution in [0.5, 0.6) is 5.75 Å². The molecule has 2 atom stereocenters. The maximum absolute atomic E-state index is 14.6. The molecule has 3 aromatic rings. The predicted molar refractivity (Wildman–Crippen MR) is 105 cm³/mol. The third-order valence-corrected chi connectivity index (χ3v) is 5.47. The Balaban J connectivity index is 1.57. The average Bonchev–Trinajstić information content (AvgIpc) is 3.11. The van der Waals surface area contributed by atoms with Crippen LogP contribution in [-0.4, -0.2) is 64.4 Å². The molecular weight excluding hydrogens is 359 g/mol. The number of hydrogen-bond donors (Lipinski definition) is 2. The number of benzene rings is 1. The Labute approximate surface area is 162 Å². The van der Waals surface area contributed by atoms with E-state index in [1.165, 1.54) is 6.07 Å². The Morgan fingerprint density at radius 1 is 1.25 bits per heavy atom. The van der Waals surface area contributed by atoms with E-state index < -0.39 is 0 Å². The second-order valence-electron chi connectivity index (χ2n) is 7.48. The highest BCUT2D eigenvalue weighted by molar-refractivity contribution is 5.78. The van der Waals surface area contributed by atoms with Crippen LogP contribution >= 0.6 is 0 Å². The van der Waals surface area contributed by atoms with Crippen molar-refractivity contribution >= 4 is 11.5 Å². The summed E-state index contributed by atoms with van der Waals surface area (Å²) in [5.74, 6) is 1.10. The Morgan fingerprint density at radius 2 is 2.18 bits per heavy atom. The number of nitrogens with zero attached hydrogens (tertiary/aromatic N) is 4. The molecule has 8 heteroatoms. The Hall–Kier alpha value is -2.71. The summed E-state index contributed by atoms with van der Waals surface area (Å²) >= 11 is 0. The van der Waals surface area contributed by atoms with Gasteiger partial charge in [-0.25, -0.2) is 13.9 Å². The van der Waals surface area contributed by atoms with Gasteiger partial charge in [-0.2, -0.15) is 5.10 Å². The highest BCUT2D eigenvalue weighted by Gasteiger charge is 2.26. The number of halogens is 1. The molecule has 2 aliphatic rings. The zero-order valence-electron chi connectivity index (χ0n) is 15.7. The molecule has 7 nitrogen and oxygen atoms in total. The van der Waals surface area contributed by atoms with Crippen LogP contribution in [0.1, 0.15) is 6.92 Å². The van der Waals surface area contributed by atoms with Gasteiger partial charge >= 0.3 is 0 Å². The van der Waals surface area contributed by atoms with Crippen molar-refractivity contribution in [2.24, 2.45) is 0 Å². The smallest absolute Gasteiger partial charge is 0.165 e. The van der Waals surface area contributed by atoms with Gasteiger partial charge in [0.15, 0.2) is 5.65 Å². The Morgan fingerprint density at radius 3 is 3.11 bits per heavy atom. The van der Waals surface area contributed by atoms with Gasteiger partial charge in [0.05, 0.1) is 12.2 Å². The largest absolute Gasteiger partial charge is 0.492 e. The molecule has 0 radical (unpaired) electrons. The van der Waals surface area contributed by atoms with Crippen LogP contribution in [0.4, 0.5) is 10.2 Å². The normalized spacial score (nSPS) is 22.9. The number of nitrogens with one attached hydrogen (secondary N) is 2. The van der Waals surface area contributed by atoms with Crippen molar-refractivity contribution in [3.05, 3.63) is 42.5 Å². The van der Waals surface area contributed by atoms with Gasteiger partial charge in [-0.15, -0.1) is 0 Å². The highest BCUT2D eigenvalue weighted by Crippen LogP contribution is 2.30. The lowest BCUT2D eigenvalue weighted by Gasteiger charge is -2.39. The van der Waals surface area contributed by atoms with Crippen molar-refractivity contribution in [2.45, 2.75) is 19.0 Å². The fourth-order valence-electron chi connectivity index (χ4n) is 3.95. The summed E-state index contributed by atoms with van der Waals surface area (Å²) in [5.41, 5.74) is 1.71.